The Labute approximate surface area is 113 Å². The zero-order valence-electron chi connectivity index (χ0n) is 11.9. The van der Waals surface area contributed by atoms with Crippen molar-refractivity contribution in [2.45, 2.75) is 46.6 Å². The third-order valence-corrected chi connectivity index (χ3v) is 2.71. The Morgan fingerprint density at radius 3 is 2.79 bits per heavy atom. The number of aromatic nitrogens is 2. The first-order chi connectivity index (χ1) is 9.01. The highest BCUT2D eigenvalue weighted by Gasteiger charge is 2.14. The van der Waals surface area contributed by atoms with Gasteiger partial charge in [-0.15, -0.1) is 0 Å². The van der Waals surface area contributed by atoms with E-state index in [1.165, 1.54) is 0 Å². The minimum absolute atomic E-state index is 0.00243. The molecule has 1 N–H and O–H groups in total. The van der Waals surface area contributed by atoms with Crippen molar-refractivity contribution in [1.82, 2.24) is 15.0 Å². The number of aryl methyl sites for hydroxylation is 1. The molecule has 1 rings (SSSR count). The summed E-state index contributed by atoms with van der Waals surface area (Å²) in [5.41, 5.74) is 0. The molecule has 0 fully saturated rings. The Hall–Kier alpha value is -1.43. The van der Waals surface area contributed by atoms with Crippen molar-refractivity contribution in [3.05, 3.63) is 11.7 Å². The van der Waals surface area contributed by atoms with Gasteiger partial charge in [-0.3, -0.25) is 9.69 Å². The SMILES string of the molecule is CCCN(CC(=O)O)Cc1nc(CCC(C)C)no1. The van der Waals surface area contributed by atoms with Crippen LogP contribution < -0.4 is 0 Å². The van der Waals surface area contributed by atoms with Gasteiger partial charge in [0, 0.05) is 6.42 Å². The van der Waals surface area contributed by atoms with Crippen molar-refractivity contribution in [1.29, 1.82) is 0 Å². The van der Waals surface area contributed by atoms with Crippen LogP contribution in [-0.4, -0.2) is 39.2 Å². The maximum atomic E-state index is 10.7. The molecule has 1 heterocycles. The second-order valence-corrected chi connectivity index (χ2v) is 5.14. The van der Waals surface area contributed by atoms with E-state index >= 15 is 0 Å². The van der Waals surface area contributed by atoms with Gasteiger partial charge in [-0.25, -0.2) is 0 Å². The van der Waals surface area contributed by atoms with Crippen molar-refractivity contribution in [3.8, 4) is 0 Å². The molecule has 0 aliphatic heterocycles. The van der Waals surface area contributed by atoms with E-state index in [-0.39, 0.29) is 6.54 Å². The molecule has 1 aromatic rings. The van der Waals surface area contributed by atoms with Crippen LogP contribution in [0.15, 0.2) is 4.52 Å². The maximum absolute atomic E-state index is 10.7. The predicted octanol–water partition coefficient (Wildman–Crippen LogP) is 1.95. The molecule has 0 saturated carbocycles. The molecular formula is C13H23N3O3. The van der Waals surface area contributed by atoms with E-state index in [0.29, 0.717) is 30.7 Å². The molecule has 108 valence electrons. The predicted molar refractivity (Wildman–Crippen MR) is 70.7 cm³/mol. The Bertz CT molecular complexity index is 390. The molecule has 0 amide bonds. The number of hydrogen-bond donors (Lipinski definition) is 1. The second-order valence-electron chi connectivity index (χ2n) is 5.14. The number of carboxylic acids is 1. The summed E-state index contributed by atoms with van der Waals surface area (Å²) in [6, 6.07) is 0. The van der Waals surface area contributed by atoms with Crippen LogP contribution in [0.3, 0.4) is 0 Å². The van der Waals surface area contributed by atoms with Gasteiger partial charge in [-0.2, -0.15) is 4.98 Å². The molecule has 0 bridgehead atoms. The second kappa shape index (κ2) is 7.89. The third-order valence-electron chi connectivity index (χ3n) is 2.71. The molecule has 6 nitrogen and oxygen atoms in total. The summed E-state index contributed by atoms with van der Waals surface area (Å²) in [6.45, 7) is 7.41. The largest absolute Gasteiger partial charge is 0.480 e. The molecule has 0 atom stereocenters. The molecule has 0 aliphatic rings. The highest BCUT2D eigenvalue weighted by atomic mass is 16.5. The normalized spacial score (nSPS) is 11.4. The van der Waals surface area contributed by atoms with Crippen molar-refractivity contribution in [2.75, 3.05) is 13.1 Å². The summed E-state index contributed by atoms with van der Waals surface area (Å²) in [5, 5.41) is 12.8. The van der Waals surface area contributed by atoms with Gasteiger partial charge in [0.25, 0.3) is 0 Å². The number of carbonyl (C=O) groups is 1. The number of aliphatic carboxylic acids is 1. The molecular weight excluding hydrogens is 246 g/mol. The monoisotopic (exact) mass is 269 g/mol. The number of carboxylic acid groups (broad SMARTS) is 1. The topological polar surface area (TPSA) is 79.5 Å². The Morgan fingerprint density at radius 1 is 1.47 bits per heavy atom. The van der Waals surface area contributed by atoms with E-state index in [4.69, 9.17) is 9.63 Å². The highest BCUT2D eigenvalue weighted by molar-refractivity contribution is 5.69. The van der Waals surface area contributed by atoms with Gasteiger partial charge >= 0.3 is 5.97 Å². The summed E-state index contributed by atoms with van der Waals surface area (Å²) in [7, 11) is 0. The zero-order chi connectivity index (χ0) is 14.3. The Balaban J connectivity index is 2.52. The zero-order valence-corrected chi connectivity index (χ0v) is 11.9. The molecule has 0 radical (unpaired) electrons. The van der Waals surface area contributed by atoms with Crippen LogP contribution in [-0.2, 0) is 17.8 Å². The standard InChI is InChI=1S/C13H23N3O3/c1-4-7-16(9-13(17)18)8-12-14-11(15-19-12)6-5-10(2)3/h10H,4-9H2,1-3H3,(H,17,18). The van der Waals surface area contributed by atoms with Crippen LogP contribution in [0, 0.1) is 5.92 Å². The van der Waals surface area contributed by atoms with Crippen molar-refractivity contribution < 1.29 is 14.4 Å². The maximum Gasteiger partial charge on any atom is 0.317 e. The highest BCUT2D eigenvalue weighted by Crippen LogP contribution is 2.08. The fourth-order valence-corrected chi connectivity index (χ4v) is 1.79. The van der Waals surface area contributed by atoms with Gasteiger partial charge in [-0.05, 0) is 25.3 Å². The van der Waals surface area contributed by atoms with Crippen molar-refractivity contribution in [3.63, 3.8) is 0 Å². The van der Waals surface area contributed by atoms with Crippen LogP contribution in [0.5, 0.6) is 0 Å². The fraction of sp³-hybridized carbons (Fsp3) is 0.769. The first kappa shape index (κ1) is 15.6. The minimum atomic E-state index is -0.840. The average molecular weight is 269 g/mol. The van der Waals surface area contributed by atoms with Crippen LogP contribution in [0.4, 0.5) is 0 Å². The van der Waals surface area contributed by atoms with Crippen molar-refractivity contribution >= 4 is 5.97 Å². The lowest BCUT2D eigenvalue weighted by Crippen LogP contribution is -2.30. The molecule has 6 heteroatoms. The number of rotatable bonds is 9. The molecule has 0 aromatic carbocycles. The third kappa shape index (κ3) is 6.33. The molecule has 0 spiro atoms. The lowest BCUT2D eigenvalue weighted by molar-refractivity contribution is -0.138. The van der Waals surface area contributed by atoms with Crippen LogP contribution in [0.2, 0.25) is 0 Å². The van der Waals surface area contributed by atoms with Crippen LogP contribution in [0.1, 0.15) is 45.3 Å². The van der Waals surface area contributed by atoms with Gasteiger partial charge in [0.1, 0.15) is 0 Å². The van der Waals surface area contributed by atoms with Crippen LogP contribution in [0.25, 0.3) is 0 Å². The van der Waals surface area contributed by atoms with E-state index in [9.17, 15) is 4.79 Å². The van der Waals surface area contributed by atoms with E-state index in [2.05, 4.69) is 24.0 Å². The summed E-state index contributed by atoms with van der Waals surface area (Å²) in [4.78, 5) is 16.8. The molecule has 0 aliphatic carbocycles. The Morgan fingerprint density at radius 2 is 2.21 bits per heavy atom. The van der Waals surface area contributed by atoms with Crippen LogP contribution >= 0.6 is 0 Å². The van der Waals surface area contributed by atoms with Gasteiger partial charge in [0.15, 0.2) is 5.82 Å². The fourth-order valence-electron chi connectivity index (χ4n) is 1.79. The lowest BCUT2D eigenvalue weighted by Gasteiger charge is -2.16. The van der Waals surface area contributed by atoms with Gasteiger partial charge in [-0.1, -0.05) is 25.9 Å². The quantitative estimate of drug-likeness (QED) is 0.738. The molecule has 1 aromatic heterocycles. The summed E-state index contributed by atoms with van der Waals surface area (Å²) in [6.07, 6.45) is 2.71. The van der Waals surface area contributed by atoms with E-state index in [1.54, 1.807) is 4.90 Å². The van der Waals surface area contributed by atoms with E-state index < -0.39 is 5.97 Å². The Kier molecular flexibility index (Phi) is 6.49. The van der Waals surface area contributed by atoms with E-state index in [1.807, 2.05) is 6.92 Å². The minimum Gasteiger partial charge on any atom is -0.480 e. The first-order valence-corrected chi connectivity index (χ1v) is 6.76. The molecule has 0 unspecified atom stereocenters. The smallest absolute Gasteiger partial charge is 0.317 e. The summed E-state index contributed by atoms with van der Waals surface area (Å²) >= 11 is 0. The van der Waals surface area contributed by atoms with Crippen molar-refractivity contribution in [2.24, 2.45) is 5.92 Å². The summed E-state index contributed by atoms with van der Waals surface area (Å²) < 4.78 is 5.16. The summed E-state index contributed by atoms with van der Waals surface area (Å²) in [5.74, 6) is 0.961. The molecule has 0 saturated heterocycles. The average Bonchev–Trinajstić information content (AvgIpc) is 2.73. The van der Waals surface area contributed by atoms with Gasteiger partial charge < -0.3 is 9.63 Å². The van der Waals surface area contributed by atoms with Gasteiger partial charge in [0.2, 0.25) is 5.89 Å². The number of nitrogens with zero attached hydrogens (tertiary/aromatic N) is 3. The first-order valence-electron chi connectivity index (χ1n) is 6.76. The van der Waals surface area contributed by atoms with E-state index in [0.717, 1.165) is 19.3 Å². The lowest BCUT2D eigenvalue weighted by atomic mass is 10.1. The number of hydrogen-bond acceptors (Lipinski definition) is 5. The van der Waals surface area contributed by atoms with Gasteiger partial charge in [0.05, 0.1) is 13.1 Å². The molecule has 19 heavy (non-hydrogen) atoms.